The Kier molecular flexibility index (Phi) is 6.39. The van der Waals surface area contributed by atoms with E-state index in [9.17, 15) is 4.79 Å². The molecule has 4 nitrogen and oxygen atoms in total. The number of fused-ring (bicyclic) bond motifs is 1. The van der Waals surface area contributed by atoms with Gasteiger partial charge in [0.05, 0.1) is 12.7 Å². The molecule has 3 atom stereocenters. The molecule has 2 aliphatic rings. The van der Waals surface area contributed by atoms with E-state index in [1.54, 1.807) is 24.3 Å². The molecule has 1 amide bonds. The molecule has 2 heterocycles. The number of halogens is 1. The largest absolute Gasteiger partial charge is 0.375 e. The van der Waals surface area contributed by atoms with E-state index >= 15 is 4.39 Å². The van der Waals surface area contributed by atoms with Gasteiger partial charge in [0, 0.05) is 17.7 Å². The summed E-state index contributed by atoms with van der Waals surface area (Å²) in [7, 11) is 0. The highest BCUT2D eigenvalue weighted by Gasteiger charge is 2.59. The number of hydrogen-bond acceptors (Lipinski definition) is 4. The Balaban J connectivity index is 1.78. The third kappa shape index (κ3) is 4.50. The first-order valence-electron chi connectivity index (χ1n) is 10.3. The van der Waals surface area contributed by atoms with E-state index in [0.717, 1.165) is 0 Å². The minimum Gasteiger partial charge on any atom is -0.375 e. The molecule has 0 aromatic heterocycles. The van der Waals surface area contributed by atoms with Gasteiger partial charge >= 0.3 is 0 Å². The predicted octanol–water partition coefficient (Wildman–Crippen LogP) is 5.06. The normalized spacial score (nSPS) is 27.3. The smallest absolute Gasteiger partial charge is 0.257 e. The summed E-state index contributed by atoms with van der Waals surface area (Å²) in [6.07, 6.45) is 0.0468. The lowest BCUT2D eigenvalue weighted by molar-refractivity contribution is -0.106. The zero-order valence-corrected chi connectivity index (χ0v) is 18.1. The summed E-state index contributed by atoms with van der Waals surface area (Å²) in [6, 6.07) is 26.0. The summed E-state index contributed by atoms with van der Waals surface area (Å²) in [4.78, 5) is 17.5. The average Bonchev–Trinajstić information content (AvgIpc) is 2.78. The van der Waals surface area contributed by atoms with Crippen molar-refractivity contribution in [2.45, 2.75) is 30.7 Å². The third-order valence-electron chi connectivity index (χ3n) is 5.61. The number of amides is 1. The van der Waals surface area contributed by atoms with Crippen LogP contribution < -0.4 is 5.32 Å². The standard InChI is InChI=1S/C25H25FN2O2S/c1-19-16-24(26)18-31-23(27-22(29)20-12-8-7-9-13-20)28-25(24,17-30-19)21-14-10-5-3-2-4-6-11-15-21/h2-15,19H,16-18H2,1H3,(H,27,28,29)/t19-,24+,25+/m0/s1. The molecule has 2 aromatic rings. The average molecular weight is 437 g/mol. The van der Waals surface area contributed by atoms with Crippen LogP contribution in [0, 0.1) is 0 Å². The fourth-order valence-corrected chi connectivity index (χ4v) is 5.08. The second-order valence-electron chi connectivity index (χ2n) is 7.81. The van der Waals surface area contributed by atoms with E-state index in [-0.39, 0.29) is 30.8 Å². The van der Waals surface area contributed by atoms with E-state index in [1.165, 1.54) is 11.8 Å². The molecule has 0 radical (unpaired) electrons. The highest BCUT2D eigenvalue weighted by atomic mass is 32.2. The molecule has 0 unspecified atom stereocenters. The fourth-order valence-electron chi connectivity index (χ4n) is 3.97. The van der Waals surface area contributed by atoms with Crippen molar-refractivity contribution in [2.75, 3.05) is 12.4 Å². The quantitative estimate of drug-likeness (QED) is 0.716. The van der Waals surface area contributed by atoms with Gasteiger partial charge in [-0.2, -0.15) is 0 Å². The number of nitrogens with zero attached hydrogens (tertiary/aromatic N) is 1. The van der Waals surface area contributed by atoms with Crippen LogP contribution in [0.25, 0.3) is 0 Å². The van der Waals surface area contributed by atoms with Crippen LogP contribution in [0.4, 0.5) is 4.39 Å². The number of alkyl halides is 1. The van der Waals surface area contributed by atoms with Crippen molar-refractivity contribution in [3.8, 4) is 0 Å². The van der Waals surface area contributed by atoms with Crippen molar-refractivity contribution in [1.29, 1.82) is 0 Å². The van der Waals surface area contributed by atoms with Crippen molar-refractivity contribution in [1.82, 2.24) is 5.32 Å². The highest BCUT2D eigenvalue weighted by Crippen LogP contribution is 2.51. The van der Waals surface area contributed by atoms with Gasteiger partial charge in [-0.15, -0.1) is 0 Å². The van der Waals surface area contributed by atoms with Crippen molar-refractivity contribution < 1.29 is 13.9 Å². The van der Waals surface area contributed by atoms with Crippen LogP contribution in [0.5, 0.6) is 0 Å². The van der Waals surface area contributed by atoms with Crippen molar-refractivity contribution in [3.63, 3.8) is 0 Å². The summed E-state index contributed by atoms with van der Waals surface area (Å²) in [6.45, 7) is 2.00. The Morgan fingerprint density at radius 2 is 1.61 bits per heavy atom. The molecule has 1 fully saturated rings. The molecule has 0 aliphatic carbocycles. The number of aliphatic imine (C=N–C) groups is 1. The second-order valence-corrected chi connectivity index (χ2v) is 8.78. The Bertz CT molecular complexity index is 1010. The number of amidine groups is 1. The minimum atomic E-state index is -1.59. The molecule has 1 N–H and O–H groups in total. The van der Waals surface area contributed by atoms with Gasteiger partial charge in [0.15, 0.2) is 10.8 Å². The lowest BCUT2D eigenvalue weighted by atomic mass is 9.73. The van der Waals surface area contributed by atoms with Crippen LogP contribution in [0.15, 0.2) is 89.9 Å². The molecule has 6 heteroatoms. The Morgan fingerprint density at radius 1 is 1.03 bits per heavy atom. The van der Waals surface area contributed by atoms with Crippen LogP contribution in [-0.4, -0.2) is 35.2 Å². The van der Waals surface area contributed by atoms with Gasteiger partial charge in [0.2, 0.25) is 0 Å². The molecule has 31 heavy (non-hydrogen) atoms. The molecular formula is C25H25FN2O2S. The Hall–Kier alpha value is -2.70. The van der Waals surface area contributed by atoms with Crippen LogP contribution in [0.1, 0.15) is 29.3 Å². The van der Waals surface area contributed by atoms with Crippen molar-refractivity contribution >= 4 is 22.8 Å². The van der Waals surface area contributed by atoms with Gasteiger partial charge in [-0.05, 0) is 24.6 Å². The maximum absolute atomic E-state index is 16.5. The molecule has 0 spiro atoms. The summed E-state index contributed by atoms with van der Waals surface area (Å²) in [5.74, 6) is -0.0684. The van der Waals surface area contributed by atoms with Crippen LogP contribution in [0.2, 0.25) is 0 Å². The summed E-state index contributed by atoms with van der Waals surface area (Å²) >= 11 is 1.25. The number of hydrogen-bond donors (Lipinski definition) is 1. The maximum atomic E-state index is 16.5. The lowest BCUT2D eigenvalue weighted by Gasteiger charge is -2.50. The Morgan fingerprint density at radius 3 is 2.29 bits per heavy atom. The number of nitrogens with one attached hydrogen (secondary N) is 1. The van der Waals surface area contributed by atoms with Gasteiger partial charge in [-0.3, -0.25) is 4.79 Å². The zero-order chi connectivity index (χ0) is 21.7. The topological polar surface area (TPSA) is 50.7 Å². The van der Waals surface area contributed by atoms with Crippen LogP contribution >= 0.6 is 11.8 Å². The summed E-state index contributed by atoms with van der Waals surface area (Å²) < 4.78 is 22.4. The first-order chi connectivity index (χ1) is 15.0. The SMILES string of the molecule is C[C@H]1C[C@@]2(F)CSC(NC(=O)c3ccccc3)=N[C@@]2(c2ccccccccc2)CO1. The number of benzene rings is 1. The number of ether oxygens (including phenoxy) is 1. The van der Waals surface area contributed by atoms with Crippen molar-refractivity contribution in [3.05, 3.63) is 96.1 Å². The number of carbonyl (C=O) groups is 1. The molecular weight excluding hydrogens is 411 g/mol. The molecule has 2 aromatic carbocycles. The number of thioether (sulfide) groups is 1. The zero-order valence-electron chi connectivity index (χ0n) is 17.3. The molecule has 160 valence electrons. The Labute approximate surface area is 186 Å². The maximum Gasteiger partial charge on any atom is 0.257 e. The van der Waals surface area contributed by atoms with E-state index < -0.39 is 11.2 Å². The molecule has 4 rings (SSSR count). The third-order valence-corrected chi connectivity index (χ3v) is 6.68. The highest BCUT2D eigenvalue weighted by molar-refractivity contribution is 8.14. The van der Waals surface area contributed by atoms with Gasteiger partial charge in [0.1, 0.15) is 5.54 Å². The van der Waals surface area contributed by atoms with Gasteiger partial charge in [-0.25, -0.2) is 9.38 Å². The van der Waals surface area contributed by atoms with E-state index in [0.29, 0.717) is 16.3 Å². The summed E-state index contributed by atoms with van der Waals surface area (Å²) in [5, 5.41) is 3.28. The monoisotopic (exact) mass is 436 g/mol. The van der Waals surface area contributed by atoms with E-state index in [2.05, 4.69) is 5.32 Å². The minimum absolute atomic E-state index is 0.111. The van der Waals surface area contributed by atoms with Gasteiger partial charge < -0.3 is 10.1 Å². The molecule has 0 saturated carbocycles. The fraction of sp³-hybridized carbons (Fsp3) is 0.280. The second kappa shape index (κ2) is 9.20. The molecule has 1 saturated heterocycles. The van der Waals surface area contributed by atoms with Crippen LogP contribution in [0.3, 0.4) is 0 Å². The number of rotatable bonds is 2. The first kappa shape index (κ1) is 21.5. The van der Waals surface area contributed by atoms with E-state index in [4.69, 9.17) is 9.73 Å². The predicted molar refractivity (Wildman–Crippen MR) is 123 cm³/mol. The van der Waals surface area contributed by atoms with Crippen LogP contribution in [-0.2, 0) is 10.3 Å². The van der Waals surface area contributed by atoms with E-state index in [1.807, 2.05) is 67.6 Å². The first-order valence-corrected chi connectivity index (χ1v) is 11.3. The lowest BCUT2D eigenvalue weighted by Crippen LogP contribution is -2.60. The van der Waals surface area contributed by atoms with Crippen molar-refractivity contribution in [2.24, 2.45) is 4.99 Å². The summed E-state index contributed by atoms with van der Waals surface area (Å²) in [5.41, 5.74) is -1.58. The number of carbonyl (C=O) groups excluding carboxylic acids is 1. The molecule has 0 bridgehead atoms. The van der Waals surface area contributed by atoms with Gasteiger partial charge in [0.25, 0.3) is 5.91 Å². The van der Waals surface area contributed by atoms with Gasteiger partial charge in [-0.1, -0.05) is 84.6 Å². The molecule has 2 aliphatic heterocycles.